The minimum atomic E-state index is -0.335. The molecule has 0 atom stereocenters. The lowest BCUT2D eigenvalue weighted by Crippen LogP contribution is -2.09. The Labute approximate surface area is 80.6 Å². The Balaban J connectivity index is 2.64. The summed E-state index contributed by atoms with van der Waals surface area (Å²) in [6, 6.07) is 1.17. The summed E-state index contributed by atoms with van der Waals surface area (Å²) in [6.45, 7) is -0.0358. The van der Waals surface area contributed by atoms with Gasteiger partial charge < -0.3 is 19.4 Å². The molecule has 78 valence electrons. The minimum Gasteiger partial charge on any atom is -0.487 e. The maximum Gasteiger partial charge on any atom is 0.227 e. The Morgan fingerprint density at radius 3 is 2.79 bits per heavy atom. The molecule has 1 aromatic rings. The molecule has 0 saturated heterocycles. The number of aliphatic hydroxyl groups excluding tert-OH is 2. The Morgan fingerprint density at radius 2 is 2.21 bits per heavy atom. The van der Waals surface area contributed by atoms with Crippen LogP contribution in [0.5, 0.6) is 5.75 Å². The fourth-order valence-electron chi connectivity index (χ4n) is 0.873. The zero-order valence-electron chi connectivity index (χ0n) is 7.60. The molecule has 5 heteroatoms. The number of ether oxygens (including phenoxy) is 1. The molecule has 0 aliphatic rings. The van der Waals surface area contributed by atoms with Gasteiger partial charge in [-0.25, -0.2) is 0 Å². The normalized spacial score (nSPS) is 10.1. The molecule has 1 heterocycles. The van der Waals surface area contributed by atoms with Gasteiger partial charge in [-0.2, -0.15) is 0 Å². The molecule has 0 bridgehead atoms. The quantitative estimate of drug-likeness (QED) is 0.648. The molecule has 0 radical (unpaired) electrons. The Kier molecular flexibility index (Phi) is 4.15. The molecule has 1 aromatic heterocycles. The summed E-state index contributed by atoms with van der Waals surface area (Å²) in [5.41, 5.74) is -0.335. The number of hydrogen-bond donors (Lipinski definition) is 2. The van der Waals surface area contributed by atoms with Crippen LogP contribution in [-0.2, 0) is 6.61 Å². The number of hydrogen-bond acceptors (Lipinski definition) is 5. The molecular weight excluding hydrogens is 188 g/mol. The first-order valence-electron chi connectivity index (χ1n) is 4.24. The van der Waals surface area contributed by atoms with Crippen LogP contribution in [0.3, 0.4) is 0 Å². The van der Waals surface area contributed by atoms with Crippen molar-refractivity contribution in [3.05, 3.63) is 28.3 Å². The van der Waals surface area contributed by atoms with Crippen LogP contribution in [-0.4, -0.2) is 23.4 Å². The largest absolute Gasteiger partial charge is 0.487 e. The van der Waals surface area contributed by atoms with Gasteiger partial charge in [0.15, 0.2) is 0 Å². The van der Waals surface area contributed by atoms with E-state index in [1.165, 1.54) is 6.07 Å². The summed E-state index contributed by atoms with van der Waals surface area (Å²) < 4.78 is 9.91. The minimum absolute atomic E-state index is 0.0139. The van der Waals surface area contributed by atoms with Gasteiger partial charge in [-0.05, 0) is 0 Å². The third-order valence-electron chi connectivity index (χ3n) is 1.57. The van der Waals surface area contributed by atoms with Crippen molar-refractivity contribution in [1.82, 2.24) is 0 Å². The van der Waals surface area contributed by atoms with Crippen LogP contribution in [0.15, 0.2) is 21.5 Å². The van der Waals surface area contributed by atoms with Crippen LogP contribution in [0.1, 0.15) is 12.2 Å². The predicted octanol–water partition coefficient (Wildman–Crippen LogP) is -0.107. The molecular formula is C9H12O5. The zero-order valence-corrected chi connectivity index (χ0v) is 7.60. The van der Waals surface area contributed by atoms with Crippen LogP contribution in [0.25, 0.3) is 0 Å². The first-order valence-corrected chi connectivity index (χ1v) is 4.24. The molecule has 0 unspecified atom stereocenters. The summed E-state index contributed by atoms with van der Waals surface area (Å²) >= 11 is 0. The van der Waals surface area contributed by atoms with Crippen molar-refractivity contribution in [2.75, 3.05) is 13.2 Å². The summed E-state index contributed by atoms with van der Waals surface area (Å²) in [5, 5.41) is 17.1. The fourth-order valence-corrected chi connectivity index (χ4v) is 0.873. The van der Waals surface area contributed by atoms with E-state index < -0.39 is 0 Å². The molecule has 14 heavy (non-hydrogen) atoms. The monoisotopic (exact) mass is 200 g/mol. The van der Waals surface area contributed by atoms with Crippen molar-refractivity contribution in [1.29, 1.82) is 0 Å². The van der Waals surface area contributed by atoms with Crippen molar-refractivity contribution in [2.45, 2.75) is 13.0 Å². The smallest absolute Gasteiger partial charge is 0.227 e. The highest BCUT2D eigenvalue weighted by Gasteiger charge is 2.03. The molecule has 0 fully saturated rings. The summed E-state index contributed by atoms with van der Waals surface area (Å²) in [5.74, 6) is 0.292. The van der Waals surface area contributed by atoms with E-state index in [9.17, 15) is 4.79 Å². The lowest BCUT2D eigenvalue weighted by atomic mass is 10.4. The Bertz CT molecular complexity index is 330. The first-order chi connectivity index (χ1) is 6.77. The zero-order chi connectivity index (χ0) is 10.4. The van der Waals surface area contributed by atoms with Gasteiger partial charge in [0, 0.05) is 19.1 Å². The fraction of sp³-hybridized carbons (Fsp3) is 0.444. The van der Waals surface area contributed by atoms with E-state index in [0.29, 0.717) is 6.42 Å². The molecule has 0 aliphatic heterocycles. The lowest BCUT2D eigenvalue weighted by Gasteiger charge is -2.03. The van der Waals surface area contributed by atoms with Gasteiger partial charge in [0.2, 0.25) is 11.2 Å². The van der Waals surface area contributed by atoms with Gasteiger partial charge >= 0.3 is 0 Å². The Morgan fingerprint density at radius 1 is 1.43 bits per heavy atom. The number of rotatable bonds is 5. The van der Waals surface area contributed by atoms with Gasteiger partial charge in [0.1, 0.15) is 18.6 Å². The molecule has 0 aromatic carbocycles. The second-order valence-electron chi connectivity index (χ2n) is 2.66. The van der Waals surface area contributed by atoms with Crippen molar-refractivity contribution >= 4 is 0 Å². The van der Waals surface area contributed by atoms with Gasteiger partial charge in [-0.3, -0.25) is 4.79 Å². The second-order valence-corrected chi connectivity index (χ2v) is 2.66. The third kappa shape index (κ3) is 2.86. The average molecular weight is 200 g/mol. The molecule has 2 N–H and O–H groups in total. The van der Waals surface area contributed by atoms with E-state index in [4.69, 9.17) is 19.4 Å². The van der Waals surface area contributed by atoms with E-state index in [-0.39, 0.29) is 36.8 Å². The van der Waals surface area contributed by atoms with E-state index in [1.807, 2.05) is 0 Å². The number of aliphatic hydroxyl groups is 2. The van der Waals surface area contributed by atoms with Crippen molar-refractivity contribution in [3.63, 3.8) is 0 Å². The van der Waals surface area contributed by atoms with Crippen LogP contribution in [0.2, 0.25) is 0 Å². The first kappa shape index (κ1) is 10.7. The highest BCUT2D eigenvalue weighted by molar-refractivity contribution is 5.17. The van der Waals surface area contributed by atoms with Crippen LogP contribution < -0.4 is 10.2 Å². The van der Waals surface area contributed by atoms with Gasteiger partial charge in [-0.15, -0.1) is 0 Å². The van der Waals surface area contributed by atoms with E-state index >= 15 is 0 Å². The average Bonchev–Trinajstić information content (AvgIpc) is 2.20. The maximum absolute atomic E-state index is 11.2. The molecule has 0 saturated carbocycles. The molecule has 0 amide bonds. The van der Waals surface area contributed by atoms with Crippen molar-refractivity contribution < 1.29 is 19.4 Å². The van der Waals surface area contributed by atoms with E-state index in [1.54, 1.807) is 0 Å². The SMILES string of the molecule is O=c1cc(CO)occ1OCCCO. The van der Waals surface area contributed by atoms with Crippen LogP contribution >= 0.6 is 0 Å². The lowest BCUT2D eigenvalue weighted by molar-refractivity contribution is 0.221. The third-order valence-corrected chi connectivity index (χ3v) is 1.57. The van der Waals surface area contributed by atoms with Gasteiger partial charge in [-0.1, -0.05) is 0 Å². The van der Waals surface area contributed by atoms with Crippen molar-refractivity contribution in [2.24, 2.45) is 0 Å². The van der Waals surface area contributed by atoms with E-state index in [0.717, 1.165) is 6.26 Å². The highest BCUT2D eigenvalue weighted by Crippen LogP contribution is 2.05. The maximum atomic E-state index is 11.2. The second kappa shape index (κ2) is 5.41. The van der Waals surface area contributed by atoms with Crippen LogP contribution in [0.4, 0.5) is 0 Å². The summed E-state index contributed by atoms with van der Waals surface area (Å²) in [4.78, 5) is 11.2. The topological polar surface area (TPSA) is 79.9 Å². The highest BCUT2D eigenvalue weighted by atomic mass is 16.5. The Hall–Kier alpha value is -1.33. The van der Waals surface area contributed by atoms with E-state index in [2.05, 4.69) is 0 Å². The predicted molar refractivity (Wildman–Crippen MR) is 48.1 cm³/mol. The molecule has 0 aliphatic carbocycles. The van der Waals surface area contributed by atoms with Gasteiger partial charge in [0.05, 0.1) is 6.61 Å². The molecule has 1 rings (SSSR count). The van der Waals surface area contributed by atoms with Gasteiger partial charge in [0.25, 0.3) is 0 Å². The standard InChI is InChI=1S/C9H12O5/c10-2-1-3-13-9-6-14-7(5-11)4-8(9)12/h4,6,10-11H,1-3,5H2. The van der Waals surface area contributed by atoms with Crippen LogP contribution in [0, 0.1) is 0 Å². The molecule has 5 nitrogen and oxygen atoms in total. The van der Waals surface area contributed by atoms with Crippen molar-refractivity contribution in [3.8, 4) is 5.75 Å². The molecule has 0 spiro atoms. The summed E-state index contributed by atoms with van der Waals surface area (Å²) in [7, 11) is 0. The summed E-state index contributed by atoms with van der Waals surface area (Å²) in [6.07, 6.45) is 1.62.